The van der Waals surface area contributed by atoms with Crippen molar-refractivity contribution in [3.05, 3.63) is 88.5 Å². The molecule has 0 spiro atoms. The Balaban J connectivity index is 1.26. The number of benzene rings is 3. The molecule has 0 fully saturated rings. The van der Waals surface area contributed by atoms with Crippen LogP contribution in [0.4, 0.5) is 18.9 Å². The second kappa shape index (κ2) is 9.17. The van der Waals surface area contributed by atoms with E-state index in [2.05, 4.69) is 4.90 Å². The molecule has 2 aliphatic rings. The minimum atomic E-state index is -4.35. The predicted octanol–water partition coefficient (Wildman–Crippen LogP) is 5.84. The molecule has 0 bridgehead atoms. The molecule has 5 nitrogen and oxygen atoms in total. The van der Waals surface area contributed by atoms with Gasteiger partial charge >= 0.3 is 12.1 Å². The van der Waals surface area contributed by atoms with Crippen molar-refractivity contribution < 1.29 is 32.2 Å². The summed E-state index contributed by atoms with van der Waals surface area (Å²) in [6.45, 7) is 2.01. The molecule has 2 heterocycles. The fourth-order valence-electron chi connectivity index (χ4n) is 4.63. The second-order valence-corrected chi connectivity index (χ2v) is 8.73. The van der Waals surface area contributed by atoms with Crippen LogP contribution in [0.25, 0.3) is 0 Å². The lowest BCUT2D eigenvalue weighted by atomic mass is 9.98. The summed E-state index contributed by atoms with van der Waals surface area (Å²) in [5.41, 5.74) is 4.36. The Hall–Kier alpha value is -3.68. The summed E-state index contributed by atoms with van der Waals surface area (Å²) in [6, 6.07) is 16.9. The number of carbonyl (C=O) groups excluding carboxylic acids is 1. The number of esters is 1. The van der Waals surface area contributed by atoms with Crippen LogP contribution >= 0.6 is 0 Å². The Morgan fingerprint density at radius 2 is 1.89 bits per heavy atom. The van der Waals surface area contributed by atoms with Gasteiger partial charge in [0.2, 0.25) is 0 Å². The lowest BCUT2D eigenvalue weighted by Gasteiger charge is -2.19. The van der Waals surface area contributed by atoms with Crippen LogP contribution in [0.15, 0.2) is 60.7 Å². The van der Waals surface area contributed by atoms with E-state index in [1.54, 1.807) is 0 Å². The molecule has 0 aliphatic carbocycles. The lowest BCUT2D eigenvalue weighted by molar-refractivity contribution is -0.141. The number of nitrogens with zero attached hydrogens (tertiary/aromatic N) is 1. The van der Waals surface area contributed by atoms with Crippen molar-refractivity contribution in [3.8, 4) is 11.5 Å². The largest absolute Gasteiger partial charge is 0.492 e. The van der Waals surface area contributed by atoms with Crippen molar-refractivity contribution in [2.75, 3.05) is 18.6 Å². The van der Waals surface area contributed by atoms with Crippen molar-refractivity contribution in [2.45, 2.75) is 38.2 Å². The van der Waals surface area contributed by atoms with Crippen molar-refractivity contribution in [1.82, 2.24) is 0 Å². The Morgan fingerprint density at radius 3 is 2.63 bits per heavy atom. The molecule has 5 rings (SSSR count). The molecule has 0 N–H and O–H groups in total. The zero-order chi connectivity index (χ0) is 24.6. The van der Waals surface area contributed by atoms with Crippen LogP contribution in [0.5, 0.6) is 11.5 Å². The molecule has 0 saturated carbocycles. The predicted molar refractivity (Wildman–Crippen MR) is 123 cm³/mol. The summed E-state index contributed by atoms with van der Waals surface area (Å²) >= 11 is 0. The highest BCUT2D eigenvalue weighted by Gasteiger charge is 2.31. The van der Waals surface area contributed by atoms with Gasteiger partial charge in [0.1, 0.15) is 18.1 Å². The van der Waals surface area contributed by atoms with Crippen LogP contribution in [-0.4, -0.2) is 19.7 Å². The Labute approximate surface area is 201 Å². The first-order chi connectivity index (χ1) is 16.8. The van der Waals surface area contributed by atoms with Gasteiger partial charge in [-0.1, -0.05) is 24.3 Å². The quantitative estimate of drug-likeness (QED) is 0.412. The number of halogens is 3. The van der Waals surface area contributed by atoms with E-state index in [9.17, 15) is 18.0 Å². The van der Waals surface area contributed by atoms with E-state index in [1.807, 2.05) is 36.4 Å². The summed E-state index contributed by atoms with van der Waals surface area (Å²) in [4.78, 5) is 13.7. The van der Waals surface area contributed by atoms with Crippen molar-refractivity contribution in [3.63, 3.8) is 0 Å². The van der Waals surface area contributed by atoms with Gasteiger partial charge in [-0.05, 0) is 47.0 Å². The number of methoxy groups -OCH3 is 1. The fraction of sp³-hybridized carbons (Fsp3) is 0.296. The molecular formula is C27H24F3NO4. The highest BCUT2D eigenvalue weighted by atomic mass is 19.4. The van der Waals surface area contributed by atoms with E-state index in [-0.39, 0.29) is 18.3 Å². The van der Waals surface area contributed by atoms with Crippen LogP contribution in [0.3, 0.4) is 0 Å². The summed E-state index contributed by atoms with van der Waals surface area (Å²) < 4.78 is 55.3. The van der Waals surface area contributed by atoms with Crippen LogP contribution in [0.2, 0.25) is 0 Å². The SMILES string of the molecule is COC(=O)C[C@H]1COc2cc(OCc3cccc4c3CN(c3ccc(C(F)(F)F)cc3)C4)ccc21. The number of fused-ring (bicyclic) bond motifs is 2. The summed E-state index contributed by atoms with van der Waals surface area (Å²) in [5.74, 6) is 1.08. The molecule has 0 amide bonds. The van der Waals surface area contributed by atoms with Gasteiger partial charge in [0.15, 0.2) is 0 Å². The summed E-state index contributed by atoms with van der Waals surface area (Å²) in [5, 5.41) is 0. The third-order valence-electron chi connectivity index (χ3n) is 6.54. The molecule has 3 aromatic rings. The number of anilines is 1. The van der Waals surface area contributed by atoms with E-state index >= 15 is 0 Å². The summed E-state index contributed by atoms with van der Waals surface area (Å²) in [6.07, 6.45) is -4.07. The van der Waals surface area contributed by atoms with E-state index in [4.69, 9.17) is 14.2 Å². The molecule has 3 aromatic carbocycles. The number of rotatable bonds is 6. The van der Waals surface area contributed by atoms with Crippen molar-refractivity contribution in [1.29, 1.82) is 0 Å². The third kappa shape index (κ3) is 4.78. The van der Waals surface area contributed by atoms with E-state index in [0.717, 1.165) is 40.1 Å². The van der Waals surface area contributed by atoms with Gasteiger partial charge < -0.3 is 19.1 Å². The van der Waals surface area contributed by atoms with E-state index < -0.39 is 11.7 Å². The Morgan fingerprint density at radius 1 is 1.09 bits per heavy atom. The normalized spacial score (nSPS) is 16.5. The Kier molecular flexibility index (Phi) is 6.05. The maximum absolute atomic E-state index is 12.9. The highest BCUT2D eigenvalue weighted by molar-refractivity contribution is 5.71. The molecular weight excluding hydrogens is 459 g/mol. The van der Waals surface area contributed by atoms with Crippen LogP contribution in [0, 0.1) is 0 Å². The van der Waals surface area contributed by atoms with Gasteiger partial charge in [-0.15, -0.1) is 0 Å². The summed E-state index contributed by atoms with van der Waals surface area (Å²) in [7, 11) is 1.37. The standard InChI is InChI=1S/C27H24F3NO4/c1-33-26(32)11-19-16-35-25-12-22(9-10-23(19)25)34-15-18-4-2-3-17-13-31(14-24(17)18)21-7-5-20(6-8-21)27(28,29)30/h2-10,12,19H,11,13-16H2,1H3/t19-/m0/s1. The smallest absolute Gasteiger partial charge is 0.416 e. The molecule has 0 saturated heterocycles. The number of hydrogen-bond acceptors (Lipinski definition) is 5. The first-order valence-corrected chi connectivity index (χ1v) is 11.3. The van der Waals surface area contributed by atoms with Gasteiger partial charge in [0, 0.05) is 36.3 Å². The molecule has 2 aliphatic heterocycles. The first-order valence-electron chi connectivity index (χ1n) is 11.3. The first kappa shape index (κ1) is 23.1. The monoisotopic (exact) mass is 483 g/mol. The molecule has 0 unspecified atom stereocenters. The lowest BCUT2D eigenvalue weighted by Crippen LogP contribution is -2.15. The van der Waals surface area contributed by atoms with Gasteiger partial charge in [-0.2, -0.15) is 13.2 Å². The number of alkyl halides is 3. The second-order valence-electron chi connectivity index (χ2n) is 8.73. The Bertz CT molecular complexity index is 1240. The molecule has 0 aromatic heterocycles. The van der Waals surface area contributed by atoms with Crippen molar-refractivity contribution in [2.24, 2.45) is 0 Å². The molecule has 0 radical (unpaired) electrons. The third-order valence-corrected chi connectivity index (χ3v) is 6.54. The van der Waals surface area contributed by atoms with Crippen LogP contribution in [-0.2, 0) is 35.4 Å². The van der Waals surface area contributed by atoms with E-state index in [0.29, 0.717) is 37.8 Å². The van der Waals surface area contributed by atoms with Gasteiger partial charge in [-0.3, -0.25) is 4.79 Å². The maximum Gasteiger partial charge on any atom is 0.416 e. The minimum absolute atomic E-state index is 0.0277. The number of ether oxygens (including phenoxy) is 3. The van der Waals surface area contributed by atoms with Crippen LogP contribution < -0.4 is 14.4 Å². The van der Waals surface area contributed by atoms with Gasteiger partial charge in [0.05, 0.1) is 25.7 Å². The van der Waals surface area contributed by atoms with Crippen molar-refractivity contribution >= 4 is 11.7 Å². The molecule has 35 heavy (non-hydrogen) atoms. The highest BCUT2D eigenvalue weighted by Crippen LogP contribution is 2.39. The van der Waals surface area contributed by atoms with Crippen LogP contribution in [0.1, 0.15) is 40.2 Å². The zero-order valence-electron chi connectivity index (χ0n) is 19.1. The topological polar surface area (TPSA) is 48.0 Å². The minimum Gasteiger partial charge on any atom is -0.492 e. The van der Waals surface area contributed by atoms with Gasteiger partial charge in [-0.25, -0.2) is 0 Å². The average molecular weight is 483 g/mol. The van der Waals surface area contributed by atoms with Gasteiger partial charge in [0.25, 0.3) is 0 Å². The fourth-order valence-corrected chi connectivity index (χ4v) is 4.63. The molecule has 8 heteroatoms. The molecule has 1 atom stereocenters. The number of hydrogen-bond donors (Lipinski definition) is 0. The zero-order valence-corrected chi connectivity index (χ0v) is 19.1. The molecule has 182 valence electrons. The maximum atomic E-state index is 12.9. The number of carbonyl (C=O) groups is 1. The van der Waals surface area contributed by atoms with E-state index in [1.165, 1.54) is 19.2 Å². The average Bonchev–Trinajstić information content (AvgIpc) is 3.46.